The highest BCUT2D eigenvalue weighted by atomic mass is 32.2. The summed E-state index contributed by atoms with van der Waals surface area (Å²) in [4.78, 5) is 37.0. The van der Waals surface area contributed by atoms with Gasteiger partial charge in [-0.2, -0.15) is 8.42 Å². The molecule has 236 valence electrons. The average Bonchev–Trinajstić information content (AvgIpc) is 2.94. The van der Waals surface area contributed by atoms with Gasteiger partial charge in [0.1, 0.15) is 11.8 Å². The number of amides is 1. The second kappa shape index (κ2) is 17.7. The van der Waals surface area contributed by atoms with E-state index in [-0.39, 0.29) is 37.8 Å². The van der Waals surface area contributed by atoms with Gasteiger partial charge in [0.15, 0.2) is 12.1 Å². The monoisotopic (exact) mass is 621 g/mol. The van der Waals surface area contributed by atoms with Crippen molar-refractivity contribution in [1.29, 1.82) is 5.41 Å². The molecule has 0 aliphatic carbocycles. The Hall–Kier alpha value is -4.21. The highest BCUT2D eigenvalue weighted by molar-refractivity contribution is 7.86. The summed E-state index contributed by atoms with van der Waals surface area (Å²) < 4.78 is 42.8. The van der Waals surface area contributed by atoms with E-state index < -0.39 is 40.3 Å². The molecule has 2 aromatic rings. The first-order valence-electron chi connectivity index (χ1n) is 13.6. The lowest BCUT2D eigenvalue weighted by atomic mass is 10.1. The van der Waals surface area contributed by atoms with Gasteiger partial charge in [0, 0.05) is 25.3 Å². The summed E-state index contributed by atoms with van der Waals surface area (Å²) in [5.41, 5.74) is 13.1. The van der Waals surface area contributed by atoms with Crippen molar-refractivity contribution in [1.82, 2.24) is 5.32 Å². The van der Waals surface area contributed by atoms with Gasteiger partial charge in [0.2, 0.25) is 0 Å². The van der Waals surface area contributed by atoms with Crippen LogP contribution in [0.1, 0.15) is 37.3 Å². The molecule has 0 spiro atoms. The molecule has 2 aromatic carbocycles. The molecular formula is C28H39N5O9S. The highest BCUT2D eigenvalue weighted by Gasteiger charge is 2.26. The van der Waals surface area contributed by atoms with Crippen LogP contribution in [0.15, 0.2) is 48.5 Å². The summed E-state index contributed by atoms with van der Waals surface area (Å²) in [6.07, 6.45) is 1.29. The predicted molar refractivity (Wildman–Crippen MR) is 159 cm³/mol. The first-order valence-corrected chi connectivity index (χ1v) is 15.4. The smallest absolute Gasteiger partial charge is 0.411 e. The number of nitrogens with one attached hydrogen (secondary N) is 3. The minimum absolute atomic E-state index is 0.129. The lowest BCUT2D eigenvalue weighted by Crippen LogP contribution is -2.39. The van der Waals surface area contributed by atoms with Crippen LogP contribution in [-0.4, -0.2) is 70.6 Å². The molecule has 0 aliphatic rings. The van der Waals surface area contributed by atoms with Crippen LogP contribution in [0, 0.1) is 5.41 Å². The van der Waals surface area contributed by atoms with Crippen molar-refractivity contribution in [3.8, 4) is 5.75 Å². The van der Waals surface area contributed by atoms with Crippen molar-refractivity contribution in [2.75, 3.05) is 31.3 Å². The number of guanidine groups is 1. The third-order valence-electron chi connectivity index (χ3n) is 5.78. The Kier molecular flexibility index (Phi) is 14.4. The van der Waals surface area contributed by atoms with Gasteiger partial charge in [0.05, 0.1) is 12.9 Å². The molecule has 0 radical (unpaired) electrons. The number of carbonyl (C=O) groups excluding carboxylic acids is 3. The third-order valence-corrected chi connectivity index (χ3v) is 6.27. The second-order valence-electron chi connectivity index (χ2n) is 9.47. The van der Waals surface area contributed by atoms with Crippen molar-refractivity contribution >= 4 is 39.8 Å². The van der Waals surface area contributed by atoms with Crippen LogP contribution in [0.2, 0.25) is 0 Å². The van der Waals surface area contributed by atoms with Gasteiger partial charge in [-0.25, -0.2) is 14.4 Å². The average molecular weight is 622 g/mol. The summed E-state index contributed by atoms with van der Waals surface area (Å²) >= 11 is 0. The van der Waals surface area contributed by atoms with E-state index >= 15 is 0 Å². The van der Waals surface area contributed by atoms with Crippen molar-refractivity contribution in [2.24, 2.45) is 11.5 Å². The zero-order chi connectivity index (χ0) is 31.8. The molecule has 2 rings (SSSR count). The molecule has 0 saturated carbocycles. The Bertz CT molecular complexity index is 1320. The lowest BCUT2D eigenvalue weighted by Gasteiger charge is -2.17. The maximum atomic E-state index is 12.6. The number of hydrogen-bond donors (Lipinski definition) is 5. The maximum absolute atomic E-state index is 12.6. The lowest BCUT2D eigenvalue weighted by molar-refractivity contribution is -0.169. The Labute approximate surface area is 251 Å². The van der Waals surface area contributed by atoms with Gasteiger partial charge in [-0.3, -0.25) is 10.7 Å². The Morgan fingerprint density at radius 2 is 1.63 bits per heavy atom. The fourth-order valence-electron chi connectivity index (χ4n) is 3.73. The van der Waals surface area contributed by atoms with Gasteiger partial charge < -0.3 is 35.2 Å². The predicted octanol–water partition coefficient (Wildman–Crippen LogP) is 1.81. The fraction of sp³-hybridized carbons (Fsp3) is 0.429. The van der Waals surface area contributed by atoms with E-state index in [2.05, 4.69) is 10.6 Å². The third kappa shape index (κ3) is 14.5. The molecule has 0 fully saturated rings. The standard InChI is InChI=1S/C28H39N5O9S/c1-3-39-24(26(35)41-25(34)23(29)7-4-16-32-27(30)31)18-20-8-12-21(13-9-20)33-28(36)40-17-5-6-19-10-14-22(15-11-19)42-43(2,37)38/h8-15,23-24H,3-7,16-18,29H2,1-2H3,(H,33,36)(H4,30,31,32)/t23-,24?/m0/s1. The fourth-order valence-corrected chi connectivity index (χ4v) is 4.20. The Morgan fingerprint density at radius 3 is 2.23 bits per heavy atom. The summed E-state index contributed by atoms with van der Waals surface area (Å²) in [5, 5.41) is 12.3. The number of ether oxygens (including phenoxy) is 3. The molecule has 0 bridgehead atoms. The molecule has 14 nitrogen and oxygen atoms in total. The molecule has 1 amide bonds. The topological polar surface area (TPSA) is 222 Å². The summed E-state index contributed by atoms with van der Waals surface area (Å²) in [6.45, 7) is 2.45. The first kappa shape index (κ1) is 35.0. The van der Waals surface area contributed by atoms with Crippen LogP contribution in [0.3, 0.4) is 0 Å². The molecule has 7 N–H and O–H groups in total. The van der Waals surface area contributed by atoms with Crippen LogP contribution in [0.25, 0.3) is 0 Å². The van der Waals surface area contributed by atoms with Gasteiger partial charge in [-0.15, -0.1) is 0 Å². The minimum atomic E-state index is -3.58. The molecule has 0 aliphatic heterocycles. The van der Waals surface area contributed by atoms with E-state index in [1.165, 1.54) is 0 Å². The van der Waals surface area contributed by atoms with Crippen LogP contribution in [0.4, 0.5) is 10.5 Å². The summed E-state index contributed by atoms with van der Waals surface area (Å²) in [5.74, 6) is -1.68. The molecular weight excluding hydrogens is 582 g/mol. The number of rotatable bonds is 17. The molecule has 15 heteroatoms. The summed E-state index contributed by atoms with van der Waals surface area (Å²) in [6, 6.07) is 12.3. The number of aryl methyl sites for hydroxylation is 1. The van der Waals surface area contributed by atoms with E-state index in [1.807, 2.05) is 0 Å². The Morgan fingerprint density at radius 1 is 0.977 bits per heavy atom. The normalized spacial score (nSPS) is 12.4. The highest BCUT2D eigenvalue weighted by Crippen LogP contribution is 2.16. The molecule has 2 atom stereocenters. The molecule has 43 heavy (non-hydrogen) atoms. The zero-order valence-corrected chi connectivity index (χ0v) is 25.0. The van der Waals surface area contributed by atoms with Crippen LogP contribution >= 0.6 is 0 Å². The maximum Gasteiger partial charge on any atom is 0.411 e. The number of hydrogen-bond acceptors (Lipinski definition) is 11. The van der Waals surface area contributed by atoms with E-state index in [1.54, 1.807) is 55.5 Å². The Balaban J connectivity index is 1.76. The van der Waals surface area contributed by atoms with Crippen molar-refractivity contribution in [2.45, 2.75) is 51.2 Å². The van der Waals surface area contributed by atoms with E-state index in [0.717, 1.165) is 11.8 Å². The molecule has 0 aromatic heterocycles. The van der Waals surface area contributed by atoms with Gasteiger partial charge in [0.25, 0.3) is 0 Å². The van der Waals surface area contributed by atoms with Crippen LogP contribution in [-0.2, 0) is 46.8 Å². The minimum Gasteiger partial charge on any atom is -0.449 e. The zero-order valence-electron chi connectivity index (χ0n) is 24.2. The van der Waals surface area contributed by atoms with Crippen LogP contribution < -0.4 is 26.3 Å². The second-order valence-corrected chi connectivity index (χ2v) is 11.0. The van der Waals surface area contributed by atoms with Gasteiger partial charge in [-0.05, 0) is 68.0 Å². The number of benzene rings is 2. The van der Waals surface area contributed by atoms with E-state index in [9.17, 15) is 22.8 Å². The summed E-state index contributed by atoms with van der Waals surface area (Å²) in [7, 11) is -3.58. The van der Waals surface area contributed by atoms with E-state index in [4.69, 9.17) is 35.3 Å². The molecule has 0 heterocycles. The van der Waals surface area contributed by atoms with Gasteiger partial charge >= 0.3 is 28.1 Å². The SMILES string of the molecule is CCOC(Cc1ccc(NC(=O)OCCCc2ccc(OS(C)(=O)=O)cc2)cc1)C(=O)OC(=O)[C@@H](N)CCCNC(=N)N. The number of esters is 2. The number of anilines is 1. The largest absolute Gasteiger partial charge is 0.449 e. The molecule has 1 unspecified atom stereocenters. The number of nitrogens with two attached hydrogens (primary N) is 2. The van der Waals surface area contributed by atoms with Crippen molar-refractivity contribution < 1.29 is 41.2 Å². The number of carbonyl (C=O) groups is 3. The molecule has 0 saturated heterocycles. The first-order chi connectivity index (χ1) is 20.4. The van der Waals surface area contributed by atoms with Crippen LogP contribution in [0.5, 0.6) is 5.75 Å². The van der Waals surface area contributed by atoms with Crippen molar-refractivity contribution in [3.05, 3.63) is 59.7 Å². The quantitative estimate of drug-likeness (QED) is 0.0426. The van der Waals surface area contributed by atoms with E-state index in [0.29, 0.717) is 37.1 Å². The van der Waals surface area contributed by atoms with Crippen molar-refractivity contribution in [3.63, 3.8) is 0 Å². The van der Waals surface area contributed by atoms with Gasteiger partial charge in [-0.1, -0.05) is 24.3 Å².